The molecular formula is C44H59N. The summed E-state index contributed by atoms with van der Waals surface area (Å²) in [5.74, 6) is 3.36. The van der Waals surface area contributed by atoms with Gasteiger partial charge in [-0.05, 0) is 167 Å². The Morgan fingerprint density at radius 3 is 2.53 bits per heavy atom. The predicted molar refractivity (Wildman–Crippen MR) is 195 cm³/mol. The average molecular weight is 602 g/mol. The predicted octanol–water partition coefficient (Wildman–Crippen LogP) is 11.9. The lowest BCUT2D eigenvalue weighted by Crippen LogP contribution is -2.25. The van der Waals surface area contributed by atoms with Gasteiger partial charge in [-0.3, -0.25) is 0 Å². The van der Waals surface area contributed by atoms with Gasteiger partial charge in [-0.1, -0.05) is 96.2 Å². The largest absolute Gasteiger partial charge is 0.327 e. The fraction of sp³-hybridized carbons (Fsp3) is 0.545. The summed E-state index contributed by atoms with van der Waals surface area (Å²) in [5, 5.41) is 0. The van der Waals surface area contributed by atoms with Gasteiger partial charge < -0.3 is 5.73 Å². The fourth-order valence-electron chi connectivity index (χ4n) is 9.62. The zero-order valence-electron chi connectivity index (χ0n) is 28.1. The summed E-state index contributed by atoms with van der Waals surface area (Å²) in [6.45, 7) is 9.58. The summed E-state index contributed by atoms with van der Waals surface area (Å²) in [6.07, 6.45) is 46.9. The Bertz CT molecular complexity index is 1350. The summed E-state index contributed by atoms with van der Waals surface area (Å²) >= 11 is 0. The lowest BCUT2D eigenvalue weighted by atomic mass is 9.66. The first-order valence-electron chi connectivity index (χ1n) is 18.7. The Hall–Kier alpha value is -2.64. The minimum Gasteiger partial charge on any atom is -0.327 e. The van der Waals surface area contributed by atoms with Gasteiger partial charge in [-0.15, -0.1) is 0 Å². The van der Waals surface area contributed by atoms with Crippen molar-refractivity contribution >= 4 is 0 Å². The molecule has 5 unspecified atom stereocenters. The number of rotatable bonds is 11. The van der Waals surface area contributed by atoms with Gasteiger partial charge in [-0.2, -0.15) is 0 Å². The maximum absolute atomic E-state index is 5.69. The van der Waals surface area contributed by atoms with Crippen LogP contribution in [0.4, 0.5) is 0 Å². The van der Waals surface area contributed by atoms with Crippen molar-refractivity contribution in [3.05, 3.63) is 119 Å². The molecular weight excluding hydrogens is 542 g/mol. The van der Waals surface area contributed by atoms with Gasteiger partial charge in [0.2, 0.25) is 0 Å². The lowest BCUT2D eigenvalue weighted by Gasteiger charge is -2.38. The van der Waals surface area contributed by atoms with Gasteiger partial charge >= 0.3 is 0 Å². The summed E-state index contributed by atoms with van der Waals surface area (Å²) in [5.41, 5.74) is 18.7. The van der Waals surface area contributed by atoms with E-state index in [0.717, 1.165) is 12.3 Å². The minimum atomic E-state index is 0.580. The maximum atomic E-state index is 5.69. The molecule has 45 heavy (non-hydrogen) atoms. The second-order valence-corrected chi connectivity index (χ2v) is 14.8. The number of allylic oxidation sites excluding steroid dienone is 17. The van der Waals surface area contributed by atoms with Crippen LogP contribution in [0.25, 0.3) is 0 Å². The maximum Gasteiger partial charge on any atom is 0.0110 e. The molecule has 1 saturated carbocycles. The lowest BCUT2D eigenvalue weighted by molar-refractivity contribution is 0.298. The fourth-order valence-corrected chi connectivity index (χ4v) is 9.62. The summed E-state index contributed by atoms with van der Waals surface area (Å²) in [6, 6.07) is 0. The highest BCUT2D eigenvalue weighted by atomic mass is 14.5. The van der Waals surface area contributed by atoms with E-state index < -0.39 is 0 Å². The van der Waals surface area contributed by atoms with Gasteiger partial charge in [0.1, 0.15) is 0 Å². The molecule has 0 saturated heterocycles. The molecule has 0 aliphatic heterocycles. The van der Waals surface area contributed by atoms with Crippen molar-refractivity contribution < 1.29 is 0 Å². The van der Waals surface area contributed by atoms with Crippen LogP contribution in [0.1, 0.15) is 116 Å². The average Bonchev–Trinajstić information content (AvgIpc) is 3.10. The third-order valence-corrected chi connectivity index (χ3v) is 12.1. The zero-order chi connectivity index (χ0) is 31.0. The molecule has 1 fully saturated rings. The van der Waals surface area contributed by atoms with Crippen molar-refractivity contribution in [1.29, 1.82) is 0 Å². The summed E-state index contributed by atoms with van der Waals surface area (Å²) < 4.78 is 0. The van der Waals surface area contributed by atoms with Crippen molar-refractivity contribution in [3.8, 4) is 0 Å². The number of fused-ring (bicyclic) bond motifs is 1. The van der Waals surface area contributed by atoms with E-state index in [1.165, 1.54) is 120 Å². The Morgan fingerprint density at radius 2 is 1.76 bits per heavy atom. The molecule has 0 aromatic carbocycles. The monoisotopic (exact) mass is 601 g/mol. The molecule has 6 rings (SSSR count). The first-order chi connectivity index (χ1) is 22.1. The van der Waals surface area contributed by atoms with Crippen LogP contribution < -0.4 is 5.73 Å². The van der Waals surface area contributed by atoms with Crippen LogP contribution in [0.5, 0.6) is 0 Å². The molecule has 0 aromatic heterocycles. The number of nitrogens with two attached hydrogens (primary N) is 1. The molecule has 0 amide bonds. The van der Waals surface area contributed by atoms with Crippen LogP contribution in [0.15, 0.2) is 119 Å². The van der Waals surface area contributed by atoms with Gasteiger partial charge in [-0.25, -0.2) is 0 Å². The molecule has 240 valence electrons. The quantitative estimate of drug-likeness (QED) is 0.185. The standard InChI is InChI=1S/C44H59N/c1-32(14-12-30-45)37-18-11-19-38(31-37)35-26-24-34(25-27-35)15-10-23-41(39-20-7-6-13-33(39)2)44-29-28-40(36-16-4-3-5-17-36)42-21-8-9-22-43(42)44/h4,6,11-14,16-17,19,24,35,37-39,41H,1-3,5,7-10,15,18,20-23,25-31,45H2/b14-12-. The van der Waals surface area contributed by atoms with Crippen LogP contribution in [0.2, 0.25) is 0 Å². The van der Waals surface area contributed by atoms with Crippen LogP contribution in [0, 0.1) is 29.6 Å². The molecule has 1 nitrogen and oxygen atoms in total. The van der Waals surface area contributed by atoms with Crippen molar-refractivity contribution in [2.45, 2.75) is 116 Å². The molecule has 0 heterocycles. The second kappa shape index (κ2) is 15.8. The summed E-state index contributed by atoms with van der Waals surface area (Å²) in [4.78, 5) is 0. The molecule has 0 bridgehead atoms. The van der Waals surface area contributed by atoms with Crippen LogP contribution in [-0.4, -0.2) is 6.54 Å². The Labute approximate surface area is 275 Å². The highest BCUT2D eigenvalue weighted by Crippen LogP contribution is 2.49. The third-order valence-electron chi connectivity index (χ3n) is 12.1. The van der Waals surface area contributed by atoms with E-state index in [1.807, 2.05) is 5.57 Å². The number of hydrogen-bond acceptors (Lipinski definition) is 1. The first-order valence-corrected chi connectivity index (χ1v) is 18.7. The zero-order valence-corrected chi connectivity index (χ0v) is 28.1. The molecule has 0 radical (unpaired) electrons. The molecule has 2 N–H and O–H groups in total. The normalized spacial score (nSPS) is 29.6. The van der Waals surface area contributed by atoms with E-state index in [-0.39, 0.29) is 0 Å². The number of hydrogen-bond donors (Lipinski definition) is 1. The highest BCUT2D eigenvalue weighted by Gasteiger charge is 2.34. The van der Waals surface area contributed by atoms with Gasteiger partial charge in [0.15, 0.2) is 0 Å². The van der Waals surface area contributed by atoms with Crippen molar-refractivity contribution in [2.75, 3.05) is 6.54 Å². The molecule has 6 aliphatic rings. The van der Waals surface area contributed by atoms with Crippen molar-refractivity contribution in [2.24, 2.45) is 35.3 Å². The Kier molecular flexibility index (Phi) is 11.3. The SMILES string of the molecule is C=C(/C=C\CN)C1CC=CC(C2CC=C(CCCC(C3=C4CCCCC4=C(C4=CCCC=C4)CC3)C3CCC=CC3=C)CC2)C1. The van der Waals surface area contributed by atoms with Crippen LogP contribution >= 0.6 is 0 Å². The van der Waals surface area contributed by atoms with E-state index in [4.69, 9.17) is 5.73 Å². The molecule has 0 spiro atoms. The van der Waals surface area contributed by atoms with Gasteiger partial charge in [0.05, 0.1) is 0 Å². The van der Waals surface area contributed by atoms with Crippen LogP contribution in [0.3, 0.4) is 0 Å². The Morgan fingerprint density at radius 1 is 0.889 bits per heavy atom. The molecule has 6 aliphatic carbocycles. The third kappa shape index (κ3) is 7.85. The van der Waals surface area contributed by atoms with Crippen LogP contribution in [-0.2, 0) is 0 Å². The topological polar surface area (TPSA) is 26.0 Å². The van der Waals surface area contributed by atoms with E-state index in [2.05, 4.69) is 73.9 Å². The molecule has 5 atom stereocenters. The Balaban J connectivity index is 1.12. The molecule has 1 heteroatoms. The smallest absolute Gasteiger partial charge is 0.0110 e. The summed E-state index contributed by atoms with van der Waals surface area (Å²) in [7, 11) is 0. The van der Waals surface area contributed by atoms with E-state index in [9.17, 15) is 0 Å². The molecule has 0 aromatic rings. The first kappa shape index (κ1) is 32.3. The van der Waals surface area contributed by atoms with Crippen molar-refractivity contribution in [1.82, 2.24) is 0 Å². The van der Waals surface area contributed by atoms with Crippen molar-refractivity contribution in [3.63, 3.8) is 0 Å². The second-order valence-electron chi connectivity index (χ2n) is 14.8. The highest BCUT2D eigenvalue weighted by molar-refractivity contribution is 5.55. The minimum absolute atomic E-state index is 0.580. The van der Waals surface area contributed by atoms with E-state index in [0.29, 0.717) is 30.2 Å². The van der Waals surface area contributed by atoms with E-state index in [1.54, 1.807) is 27.9 Å². The van der Waals surface area contributed by atoms with E-state index >= 15 is 0 Å². The van der Waals surface area contributed by atoms with Gasteiger partial charge in [0.25, 0.3) is 0 Å². The van der Waals surface area contributed by atoms with Gasteiger partial charge in [0, 0.05) is 6.54 Å².